The van der Waals surface area contributed by atoms with E-state index in [9.17, 15) is 4.79 Å². The number of benzene rings is 1. The van der Waals surface area contributed by atoms with E-state index in [4.69, 9.17) is 28.9 Å². The topological polar surface area (TPSA) is 70.4 Å². The van der Waals surface area contributed by atoms with Crippen molar-refractivity contribution in [2.45, 2.75) is 44.6 Å². The van der Waals surface area contributed by atoms with Crippen molar-refractivity contribution < 1.29 is 4.79 Å². The average Bonchev–Trinajstić information content (AvgIpc) is 2.75. The lowest BCUT2D eigenvalue weighted by molar-refractivity contribution is -0.134. The Morgan fingerprint density at radius 3 is 2.71 bits per heavy atom. The highest BCUT2D eigenvalue weighted by molar-refractivity contribution is 7.97. The molecule has 5 nitrogen and oxygen atoms in total. The van der Waals surface area contributed by atoms with Crippen molar-refractivity contribution in [3.63, 3.8) is 0 Å². The molecule has 0 aromatic heterocycles. The summed E-state index contributed by atoms with van der Waals surface area (Å²) < 4.78 is 3.31. The zero-order chi connectivity index (χ0) is 23.0. The van der Waals surface area contributed by atoms with Gasteiger partial charge in [0.15, 0.2) is 0 Å². The van der Waals surface area contributed by atoms with Gasteiger partial charge in [0.05, 0.1) is 15.7 Å². The number of piperidine rings is 1. The molecule has 8 heteroatoms. The van der Waals surface area contributed by atoms with Gasteiger partial charge in [0.25, 0.3) is 0 Å². The van der Waals surface area contributed by atoms with Gasteiger partial charge in [-0.1, -0.05) is 54.9 Å². The van der Waals surface area contributed by atoms with Crippen molar-refractivity contribution in [1.29, 1.82) is 0 Å². The fraction of sp³-hybridized carbons (Fsp3) is 0.435. The number of nitrogens with zero attached hydrogens (tertiary/aromatic N) is 1. The molecule has 0 saturated carbocycles. The summed E-state index contributed by atoms with van der Waals surface area (Å²) in [4.78, 5) is 16.0. The van der Waals surface area contributed by atoms with E-state index in [0.29, 0.717) is 28.2 Å². The number of halogens is 2. The van der Waals surface area contributed by atoms with E-state index in [2.05, 4.69) is 23.5 Å². The largest absolute Gasteiger partial charge is 0.396 e. The Labute approximate surface area is 200 Å². The van der Waals surface area contributed by atoms with Crippen LogP contribution < -0.4 is 15.8 Å². The van der Waals surface area contributed by atoms with Gasteiger partial charge in [-0.05, 0) is 62.3 Å². The van der Waals surface area contributed by atoms with Gasteiger partial charge in [-0.3, -0.25) is 4.79 Å². The molecule has 1 aliphatic heterocycles. The zero-order valence-electron chi connectivity index (χ0n) is 18.4. The molecule has 170 valence electrons. The van der Waals surface area contributed by atoms with Crippen LogP contribution >= 0.6 is 35.1 Å². The predicted molar refractivity (Wildman–Crippen MR) is 134 cm³/mol. The van der Waals surface area contributed by atoms with Crippen LogP contribution in [0.2, 0.25) is 10.0 Å². The summed E-state index contributed by atoms with van der Waals surface area (Å²) in [6.07, 6.45) is 9.70. The Hall–Kier alpha value is -1.60. The van der Waals surface area contributed by atoms with Crippen LogP contribution in [-0.2, 0) is 4.79 Å². The molecule has 4 N–H and O–H groups in total. The Balaban J connectivity index is 2.11. The summed E-state index contributed by atoms with van der Waals surface area (Å²) in [6, 6.07) is 1.33. The maximum atomic E-state index is 13.3. The lowest BCUT2D eigenvalue weighted by atomic mass is 9.99. The van der Waals surface area contributed by atoms with E-state index in [1.54, 1.807) is 6.07 Å². The van der Waals surface area contributed by atoms with E-state index in [1.807, 2.05) is 43.1 Å². The number of nitrogens with one attached hydrogen (secondary N) is 2. The molecule has 1 heterocycles. The number of amides is 1. The average molecular weight is 484 g/mol. The molecule has 0 spiro atoms. The van der Waals surface area contributed by atoms with Gasteiger partial charge in [-0.2, -0.15) is 0 Å². The molecule has 0 radical (unpaired) electrons. The van der Waals surface area contributed by atoms with E-state index in [1.165, 1.54) is 11.9 Å². The minimum absolute atomic E-state index is 0.0717. The Bertz CT molecular complexity index is 848. The third kappa shape index (κ3) is 7.49. The maximum Gasteiger partial charge on any atom is 0.242 e. The van der Waals surface area contributed by atoms with Gasteiger partial charge in [-0.25, -0.2) is 4.72 Å². The molecular formula is C23H32Cl2N4OS. The predicted octanol–water partition coefficient (Wildman–Crippen LogP) is 5.34. The minimum Gasteiger partial charge on any atom is -0.396 e. The summed E-state index contributed by atoms with van der Waals surface area (Å²) in [5.41, 5.74) is 7.84. The molecule has 1 saturated heterocycles. The van der Waals surface area contributed by atoms with Crippen molar-refractivity contribution in [2.75, 3.05) is 25.4 Å². The molecule has 1 atom stereocenters. The van der Waals surface area contributed by atoms with Gasteiger partial charge in [0.1, 0.15) is 6.04 Å². The molecule has 1 amide bonds. The number of nitrogens with two attached hydrogens (primary N) is 1. The second-order valence-corrected chi connectivity index (χ2v) is 9.45. The zero-order valence-corrected chi connectivity index (χ0v) is 20.7. The number of carbonyl (C=O) groups excluding carboxylic acids is 1. The van der Waals surface area contributed by atoms with Crippen molar-refractivity contribution in [3.8, 4) is 0 Å². The van der Waals surface area contributed by atoms with Crippen molar-refractivity contribution >= 4 is 46.7 Å². The molecule has 1 aromatic carbocycles. The number of allylic oxidation sites excluding steroid dienone is 4. The van der Waals surface area contributed by atoms with Crippen LogP contribution in [0.15, 0.2) is 47.5 Å². The van der Waals surface area contributed by atoms with E-state index in [-0.39, 0.29) is 5.91 Å². The van der Waals surface area contributed by atoms with Crippen LogP contribution in [0.1, 0.15) is 32.3 Å². The van der Waals surface area contributed by atoms with Gasteiger partial charge >= 0.3 is 0 Å². The number of anilines is 1. The highest BCUT2D eigenvalue weighted by Gasteiger charge is 2.27. The van der Waals surface area contributed by atoms with Crippen LogP contribution in [0, 0.1) is 12.8 Å². The van der Waals surface area contributed by atoms with Crippen LogP contribution in [0.5, 0.6) is 0 Å². The summed E-state index contributed by atoms with van der Waals surface area (Å²) in [7, 11) is 0. The number of carbonyl (C=O) groups is 1. The van der Waals surface area contributed by atoms with Crippen LogP contribution in [0.3, 0.4) is 0 Å². The first-order chi connectivity index (χ1) is 14.7. The van der Waals surface area contributed by atoms with Gasteiger partial charge in [-0.15, -0.1) is 0 Å². The van der Waals surface area contributed by atoms with Crippen molar-refractivity contribution in [1.82, 2.24) is 14.9 Å². The quantitative estimate of drug-likeness (QED) is 0.251. The van der Waals surface area contributed by atoms with E-state index >= 15 is 0 Å². The van der Waals surface area contributed by atoms with Crippen molar-refractivity contribution in [2.24, 2.45) is 5.92 Å². The third-order valence-corrected chi connectivity index (χ3v) is 7.14. The molecule has 0 aliphatic carbocycles. The molecule has 1 aliphatic rings. The number of hydrogen-bond donors (Lipinski definition) is 3. The number of hydrogen-bond acceptors (Lipinski definition) is 5. The smallest absolute Gasteiger partial charge is 0.242 e. The first kappa shape index (κ1) is 25.7. The minimum atomic E-state index is -0.445. The van der Waals surface area contributed by atoms with Gasteiger partial charge in [0.2, 0.25) is 5.91 Å². The third-order valence-electron chi connectivity index (χ3n) is 5.29. The summed E-state index contributed by atoms with van der Waals surface area (Å²) in [5, 5.41) is 4.07. The molecule has 1 unspecified atom stereocenters. The second-order valence-electron chi connectivity index (χ2n) is 7.78. The highest BCUT2D eigenvalue weighted by Crippen LogP contribution is 2.36. The van der Waals surface area contributed by atoms with Gasteiger partial charge in [0, 0.05) is 30.2 Å². The van der Waals surface area contributed by atoms with Crippen LogP contribution in [0.25, 0.3) is 0 Å². The molecule has 1 fully saturated rings. The molecular weight excluding hydrogens is 451 g/mol. The van der Waals surface area contributed by atoms with Crippen LogP contribution in [-0.4, -0.2) is 36.5 Å². The van der Waals surface area contributed by atoms with E-state index in [0.717, 1.165) is 42.1 Å². The molecule has 31 heavy (non-hydrogen) atoms. The maximum absolute atomic E-state index is 13.3. The highest BCUT2D eigenvalue weighted by atomic mass is 35.5. The lowest BCUT2D eigenvalue weighted by Gasteiger charge is -2.33. The first-order valence-electron chi connectivity index (χ1n) is 10.4. The Morgan fingerprint density at radius 1 is 1.39 bits per heavy atom. The van der Waals surface area contributed by atoms with Crippen molar-refractivity contribution in [3.05, 3.63) is 58.3 Å². The normalized spacial score (nSPS) is 16.2. The summed E-state index contributed by atoms with van der Waals surface area (Å²) >= 11 is 13.8. The fourth-order valence-corrected chi connectivity index (χ4v) is 4.62. The van der Waals surface area contributed by atoms with Crippen LogP contribution in [0.4, 0.5) is 5.69 Å². The summed E-state index contributed by atoms with van der Waals surface area (Å²) in [6.45, 7) is 12.0. The monoisotopic (exact) mass is 482 g/mol. The number of rotatable bonds is 9. The molecule has 1 aromatic rings. The van der Waals surface area contributed by atoms with Gasteiger partial charge < -0.3 is 16.0 Å². The molecule has 0 bridgehead atoms. The summed E-state index contributed by atoms with van der Waals surface area (Å²) in [5.74, 6) is 0.726. The number of nitrogen functional groups attached to an aromatic ring is 1. The first-order valence-corrected chi connectivity index (χ1v) is 12.0. The Morgan fingerprint density at radius 2 is 2.06 bits per heavy atom. The second kappa shape index (κ2) is 12.4. The Kier molecular flexibility index (Phi) is 10.3. The number of likely N-dealkylation sites (tertiary alicyclic amines) is 1. The molecule has 2 rings (SSSR count). The van der Waals surface area contributed by atoms with E-state index < -0.39 is 6.04 Å². The lowest BCUT2D eigenvalue weighted by Crippen LogP contribution is -2.51. The SMILES string of the molecule is C=C(/C=C\C=C/C)NCC(NSc1cc(Cl)c(N)c(Cl)c1C)C(=O)N1CCC(C)CC1. The fourth-order valence-electron chi connectivity index (χ4n) is 3.16. The standard InChI is InChI=1S/C23H32Cl2N4OS/c1-5-6-7-8-16(3)27-14-19(23(30)29-11-9-15(2)10-12-29)28-31-20-13-18(24)22(26)21(25)17(20)4/h5-8,13,15,19,27-28H,3,9-12,14,26H2,1-2,4H3/b6-5-,8-7-.